The fourth-order valence-corrected chi connectivity index (χ4v) is 17.1. The van der Waals surface area contributed by atoms with E-state index >= 15 is 0 Å². The van der Waals surface area contributed by atoms with Gasteiger partial charge in [-0.25, -0.2) is 0 Å². The van der Waals surface area contributed by atoms with E-state index in [1.165, 1.54) is 50.0 Å². The van der Waals surface area contributed by atoms with Crippen molar-refractivity contribution in [3.8, 4) is 19.5 Å². The number of thiophene rings is 3. The summed E-state index contributed by atoms with van der Waals surface area (Å²) in [7, 11) is -3.44. The van der Waals surface area contributed by atoms with Gasteiger partial charge in [0.15, 0.2) is 9.24 Å². The zero-order valence-electron chi connectivity index (χ0n) is 24.1. The third kappa shape index (κ3) is 5.29. The molecule has 0 fully saturated rings. The Bertz CT molecular complexity index is 1720. The molecule has 0 aliphatic rings. The molecule has 0 saturated carbocycles. The van der Waals surface area contributed by atoms with Gasteiger partial charge in [-0.15, -0.1) is 11.3 Å². The SMILES string of the molecule is C[P+](c1ccccc1)(c1ccccc1)c1ccc(-c2ccc(-c3ccc([P+](C)(c4ccccc4)c4ccccc4)s3)s2)s1. The predicted molar refractivity (Wildman–Crippen MR) is 200 cm³/mol. The van der Waals surface area contributed by atoms with E-state index in [-0.39, 0.29) is 0 Å². The molecule has 0 saturated heterocycles. The van der Waals surface area contributed by atoms with Gasteiger partial charge in [-0.2, -0.15) is 0 Å². The number of rotatable bonds is 8. The van der Waals surface area contributed by atoms with E-state index in [1.54, 1.807) is 0 Å². The Morgan fingerprint density at radius 2 is 0.558 bits per heavy atom. The van der Waals surface area contributed by atoms with Crippen LogP contribution in [0.25, 0.3) is 19.5 Å². The lowest BCUT2D eigenvalue weighted by molar-refractivity contribution is 1.74. The van der Waals surface area contributed by atoms with Crippen LogP contribution < -0.4 is 30.5 Å². The summed E-state index contributed by atoms with van der Waals surface area (Å²) in [6.45, 7) is 4.94. The van der Waals surface area contributed by atoms with E-state index in [4.69, 9.17) is 0 Å². The summed E-state index contributed by atoms with van der Waals surface area (Å²) in [6, 6.07) is 58.4. The summed E-state index contributed by atoms with van der Waals surface area (Å²) in [5.74, 6) is 0. The van der Waals surface area contributed by atoms with E-state index in [0.717, 1.165) is 0 Å². The van der Waals surface area contributed by atoms with Gasteiger partial charge in [-0.1, -0.05) is 95.5 Å². The Kier molecular flexibility index (Phi) is 8.04. The van der Waals surface area contributed by atoms with Crippen LogP contribution in [0.5, 0.6) is 0 Å². The lowest BCUT2D eigenvalue weighted by Gasteiger charge is -2.21. The van der Waals surface area contributed by atoms with Gasteiger partial charge < -0.3 is 0 Å². The van der Waals surface area contributed by atoms with Crippen LogP contribution in [0, 0.1) is 0 Å². The minimum atomic E-state index is -1.72. The van der Waals surface area contributed by atoms with Crippen LogP contribution in [-0.4, -0.2) is 13.3 Å². The Morgan fingerprint density at radius 1 is 0.302 bits per heavy atom. The molecule has 0 aliphatic heterocycles. The Balaban J connectivity index is 1.23. The molecule has 4 aromatic carbocycles. The smallest absolute Gasteiger partial charge is 0.134 e. The van der Waals surface area contributed by atoms with Gasteiger partial charge >= 0.3 is 0 Å². The molecule has 0 amide bonds. The molecule has 7 aromatic rings. The normalized spacial score (nSPS) is 12.0. The maximum Gasteiger partial charge on any atom is 0.157 e. The first-order valence-corrected chi connectivity index (χ1v) is 21.3. The van der Waals surface area contributed by atoms with Crippen LogP contribution in [-0.2, 0) is 0 Å². The third-order valence-corrected chi connectivity index (χ3v) is 21.6. The third-order valence-electron chi connectivity index (χ3n) is 8.25. The number of hydrogen-bond donors (Lipinski definition) is 0. The molecule has 0 atom stereocenters. The molecular weight excluding hydrogens is 615 g/mol. The van der Waals surface area contributed by atoms with Crippen molar-refractivity contribution in [2.45, 2.75) is 0 Å². The van der Waals surface area contributed by atoms with Gasteiger partial charge in [-0.3, -0.25) is 0 Å². The molecule has 0 aliphatic carbocycles. The maximum atomic E-state index is 2.47. The van der Waals surface area contributed by atoms with Crippen molar-refractivity contribution in [3.63, 3.8) is 0 Å². The summed E-state index contributed by atoms with van der Waals surface area (Å²) in [4.78, 5) is 5.40. The average molecular weight is 647 g/mol. The quantitative estimate of drug-likeness (QED) is 0.145. The van der Waals surface area contributed by atoms with Crippen molar-refractivity contribution in [2.24, 2.45) is 0 Å². The summed E-state index contributed by atoms with van der Waals surface area (Å²) >= 11 is 5.84. The summed E-state index contributed by atoms with van der Waals surface area (Å²) in [6.07, 6.45) is 0. The number of hydrogen-bond acceptors (Lipinski definition) is 3. The second-order valence-corrected chi connectivity index (χ2v) is 21.7. The predicted octanol–water partition coefficient (Wildman–Crippen LogP) is 9.05. The lowest BCUT2D eigenvalue weighted by atomic mass is 10.3. The first-order valence-electron chi connectivity index (χ1n) is 14.3. The first kappa shape index (κ1) is 28.6. The van der Waals surface area contributed by atoms with Gasteiger partial charge in [0.2, 0.25) is 0 Å². The van der Waals surface area contributed by atoms with Crippen molar-refractivity contribution in [1.82, 2.24) is 0 Å². The standard InChI is InChI=1S/C38H32P2S3/c1-39(29-15-7-3-8-16-29,30-17-9-4-10-18-30)37-27-25-35(42-37)33-23-24-34(41-33)36-26-28-38(43-36)40(2,31-19-11-5-12-20-31)32-21-13-6-14-22-32/h3-28H,1-2H3/q+2. The van der Waals surface area contributed by atoms with Crippen molar-refractivity contribution in [3.05, 3.63) is 158 Å². The zero-order valence-corrected chi connectivity index (χ0v) is 28.4. The largest absolute Gasteiger partial charge is 0.157 e. The molecule has 7 rings (SSSR count). The highest BCUT2D eigenvalue weighted by Gasteiger charge is 2.43. The molecule has 210 valence electrons. The second-order valence-electron chi connectivity index (χ2n) is 10.8. The fraction of sp³-hybridized carbons (Fsp3) is 0.0526. The fourth-order valence-electron chi connectivity index (χ4n) is 5.72. The molecule has 5 heteroatoms. The Morgan fingerprint density at radius 3 is 0.860 bits per heavy atom. The molecule has 0 nitrogen and oxygen atoms in total. The topological polar surface area (TPSA) is 0 Å². The van der Waals surface area contributed by atoms with Gasteiger partial charge in [0, 0.05) is 19.5 Å². The van der Waals surface area contributed by atoms with Gasteiger partial charge in [0.25, 0.3) is 0 Å². The van der Waals surface area contributed by atoms with E-state index in [0.29, 0.717) is 0 Å². The van der Waals surface area contributed by atoms with E-state index in [2.05, 4.69) is 171 Å². The zero-order chi connectivity index (χ0) is 29.3. The molecule has 0 bridgehead atoms. The van der Waals surface area contributed by atoms with Gasteiger partial charge in [0.1, 0.15) is 35.7 Å². The monoisotopic (exact) mass is 646 g/mol. The highest BCUT2D eigenvalue weighted by molar-refractivity contribution is 7.98. The number of benzene rings is 4. The maximum absolute atomic E-state index is 2.47. The van der Waals surface area contributed by atoms with Crippen LogP contribution >= 0.6 is 48.5 Å². The second kappa shape index (κ2) is 12.1. The van der Waals surface area contributed by atoms with Crippen LogP contribution in [0.15, 0.2) is 158 Å². The van der Waals surface area contributed by atoms with Crippen molar-refractivity contribution >= 4 is 79.0 Å². The van der Waals surface area contributed by atoms with Gasteiger partial charge in [0.05, 0.1) is 13.3 Å². The minimum absolute atomic E-state index is 1.34. The van der Waals surface area contributed by atoms with E-state index in [9.17, 15) is 0 Å². The summed E-state index contributed by atoms with van der Waals surface area (Å²) in [5.41, 5.74) is 0. The van der Waals surface area contributed by atoms with Crippen molar-refractivity contribution < 1.29 is 0 Å². The van der Waals surface area contributed by atoms with Crippen LogP contribution in [0.4, 0.5) is 0 Å². The first-order chi connectivity index (χ1) is 21.1. The molecule has 43 heavy (non-hydrogen) atoms. The van der Waals surface area contributed by atoms with Crippen molar-refractivity contribution in [2.75, 3.05) is 13.3 Å². The Labute approximate surface area is 268 Å². The van der Waals surface area contributed by atoms with E-state index in [1.807, 2.05) is 34.0 Å². The Hall–Kier alpha value is -3.16. The molecular formula is C38H32P2S3+2. The average Bonchev–Trinajstić information content (AvgIpc) is 3.87. The highest BCUT2D eigenvalue weighted by atomic mass is 32.1. The van der Waals surface area contributed by atoms with Crippen LogP contribution in [0.2, 0.25) is 0 Å². The minimum Gasteiger partial charge on any atom is -0.134 e. The highest BCUT2D eigenvalue weighted by Crippen LogP contribution is 2.55. The summed E-state index contributed by atoms with van der Waals surface area (Å²) < 4.78 is 2.94. The van der Waals surface area contributed by atoms with Crippen LogP contribution in [0.1, 0.15) is 0 Å². The molecule has 0 unspecified atom stereocenters. The van der Waals surface area contributed by atoms with Crippen molar-refractivity contribution in [1.29, 1.82) is 0 Å². The van der Waals surface area contributed by atoms with E-state index < -0.39 is 14.5 Å². The lowest BCUT2D eigenvalue weighted by Crippen LogP contribution is -2.28. The molecule has 3 aromatic heterocycles. The molecule has 0 spiro atoms. The van der Waals surface area contributed by atoms with Gasteiger partial charge in [-0.05, 0) is 84.9 Å². The summed E-state index contributed by atoms with van der Waals surface area (Å²) in [5, 5.41) is 5.71. The molecule has 0 N–H and O–H groups in total. The molecule has 3 heterocycles. The van der Waals surface area contributed by atoms with Crippen LogP contribution in [0.3, 0.4) is 0 Å². The molecule has 0 radical (unpaired) electrons.